The minimum atomic E-state index is -0.404. The van der Waals surface area contributed by atoms with Gasteiger partial charge in [-0.05, 0) is 49.2 Å². The summed E-state index contributed by atoms with van der Waals surface area (Å²) < 4.78 is 11.6. The zero-order valence-corrected chi connectivity index (χ0v) is 13.0. The first-order valence-electron chi connectivity index (χ1n) is 7.70. The van der Waals surface area contributed by atoms with Gasteiger partial charge in [-0.25, -0.2) is 0 Å². The summed E-state index contributed by atoms with van der Waals surface area (Å²) in [5.41, 5.74) is 1.02. The van der Waals surface area contributed by atoms with E-state index in [0.29, 0.717) is 5.92 Å². The van der Waals surface area contributed by atoms with Gasteiger partial charge in [0.1, 0.15) is 5.76 Å². The van der Waals surface area contributed by atoms with Crippen LogP contribution in [0.25, 0.3) is 0 Å². The Hall–Kier alpha value is -0.450. The summed E-state index contributed by atoms with van der Waals surface area (Å²) in [6, 6.07) is 1.93. The second kappa shape index (κ2) is 6.12. The average Bonchev–Trinajstić information content (AvgIpc) is 2.96. The Labute approximate surface area is 125 Å². The summed E-state index contributed by atoms with van der Waals surface area (Å²) in [6.07, 6.45) is 6.33. The lowest BCUT2D eigenvalue weighted by atomic mass is 9.78. The van der Waals surface area contributed by atoms with Crippen LogP contribution in [0.1, 0.15) is 50.0 Å². The van der Waals surface area contributed by atoms with Gasteiger partial charge in [-0.2, -0.15) is 11.8 Å². The van der Waals surface area contributed by atoms with Crippen LogP contribution in [-0.4, -0.2) is 28.8 Å². The van der Waals surface area contributed by atoms with Gasteiger partial charge in [0, 0.05) is 18.6 Å². The van der Waals surface area contributed by atoms with Crippen molar-refractivity contribution in [3.63, 3.8) is 0 Å². The third-order valence-electron chi connectivity index (χ3n) is 4.80. The number of aryl methyl sites for hydroxylation is 1. The molecule has 1 aromatic rings. The van der Waals surface area contributed by atoms with Crippen molar-refractivity contribution < 1.29 is 14.3 Å². The SMILES string of the molecule is CCc1occc1C(O)C1CCOC2(CCSCC2)C1. The molecule has 2 fully saturated rings. The van der Waals surface area contributed by atoms with Gasteiger partial charge in [-0.3, -0.25) is 0 Å². The Balaban J connectivity index is 1.73. The van der Waals surface area contributed by atoms with Crippen LogP contribution in [0.3, 0.4) is 0 Å². The molecule has 2 aliphatic rings. The maximum Gasteiger partial charge on any atom is 0.109 e. The average molecular weight is 296 g/mol. The molecule has 4 heteroatoms. The van der Waals surface area contributed by atoms with Crippen molar-refractivity contribution >= 4 is 11.8 Å². The number of aliphatic hydroxyl groups is 1. The number of aliphatic hydroxyl groups excluding tert-OH is 1. The number of hydrogen-bond acceptors (Lipinski definition) is 4. The Morgan fingerprint density at radius 3 is 3.00 bits per heavy atom. The lowest BCUT2D eigenvalue weighted by Gasteiger charge is -2.44. The Morgan fingerprint density at radius 2 is 2.25 bits per heavy atom. The van der Waals surface area contributed by atoms with Gasteiger partial charge in [-0.1, -0.05) is 6.92 Å². The molecule has 0 aliphatic carbocycles. The van der Waals surface area contributed by atoms with Crippen LogP contribution in [0.2, 0.25) is 0 Å². The third kappa shape index (κ3) is 2.78. The summed E-state index contributed by atoms with van der Waals surface area (Å²) in [7, 11) is 0. The predicted octanol–water partition coefficient (Wildman–Crippen LogP) is 3.57. The van der Waals surface area contributed by atoms with Crippen molar-refractivity contribution in [1.29, 1.82) is 0 Å². The van der Waals surface area contributed by atoms with E-state index >= 15 is 0 Å². The first-order chi connectivity index (χ1) is 9.74. The maximum atomic E-state index is 10.7. The number of thioether (sulfide) groups is 1. The minimum Gasteiger partial charge on any atom is -0.469 e. The molecule has 0 radical (unpaired) electrons. The highest BCUT2D eigenvalue weighted by Crippen LogP contribution is 2.44. The number of rotatable bonds is 3. The van der Waals surface area contributed by atoms with Crippen LogP contribution in [0.5, 0.6) is 0 Å². The number of hydrogen-bond donors (Lipinski definition) is 1. The Kier molecular flexibility index (Phi) is 4.43. The van der Waals surface area contributed by atoms with Gasteiger partial charge in [0.05, 0.1) is 18.0 Å². The second-order valence-corrected chi connectivity index (χ2v) is 7.22. The van der Waals surface area contributed by atoms with Crippen LogP contribution < -0.4 is 0 Å². The molecule has 1 spiro atoms. The van der Waals surface area contributed by atoms with Crippen molar-refractivity contribution in [3.05, 3.63) is 23.7 Å². The smallest absolute Gasteiger partial charge is 0.109 e. The number of ether oxygens (including phenoxy) is 1. The monoisotopic (exact) mass is 296 g/mol. The highest BCUT2D eigenvalue weighted by Gasteiger charge is 2.41. The van der Waals surface area contributed by atoms with E-state index in [0.717, 1.165) is 50.0 Å². The van der Waals surface area contributed by atoms with Gasteiger partial charge in [0.15, 0.2) is 0 Å². The molecule has 20 heavy (non-hydrogen) atoms. The van der Waals surface area contributed by atoms with E-state index < -0.39 is 6.10 Å². The molecule has 3 rings (SSSR count). The summed E-state index contributed by atoms with van der Waals surface area (Å²) in [4.78, 5) is 0. The molecule has 2 unspecified atom stereocenters. The zero-order valence-electron chi connectivity index (χ0n) is 12.1. The van der Waals surface area contributed by atoms with Gasteiger partial charge < -0.3 is 14.3 Å². The van der Waals surface area contributed by atoms with Crippen molar-refractivity contribution in [2.24, 2.45) is 5.92 Å². The molecule has 3 heterocycles. The summed E-state index contributed by atoms with van der Waals surface area (Å²) in [5, 5.41) is 10.7. The number of furan rings is 1. The molecule has 0 amide bonds. The predicted molar refractivity (Wildman–Crippen MR) is 81.0 cm³/mol. The first-order valence-corrected chi connectivity index (χ1v) is 8.85. The van der Waals surface area contributed by atoms with Crippen molar-refractivity contribution in [1.82, 2.24) is 0 Å². The van der Waals surface area contributed by atoms with Crippen LogP contribution in [0, 0.1) is 5.92 Å². The van der Waals surface area contributed by atoms with Crippen LogP contribution in [0.4, 0.5) is 0 Å². The minimum absolute atomic E-state index is 0.0330. The fraction of sp³-hybridized carbons (Fsp3) is 0.750. The standard InChI is InChI=1S/C16H24O3S/c1-2-14-13(4-7-18-14)15(17)12-3-8-19-16(11-12)5-9-20-10-6-16/h4,7,12,15,17H,2-3,5-6,8-11H2,1H3. The van der Waals surface area contributed by atoms with Crippen molar-refractivity contribution in [2.45, 2.75) is 50.7 Å². The highest BCUT2D eigenvalue weighted by molar-refractivity contribution is 7.99. The van der Waals surface area contributed by atoms with Crippen LogP contribution in [0.15, 0.2) is 16.7 Å². The van der Waals surface area contributed by atoms with Gasteiger partial charge in [0.2, 0.25) is 0 Å². The van der Waals surface area contributed by atoms with E-state index in [1.807, 2.05) is 17.8 Å². The Bertz CT molecular complexity index is 431. The second-order valence-electron chi connectivity index (χ2n) is 5.99. The summed E-state index contributed by atoms with van der Waals surface area (Å²) >= 11 is 2.02. The molecule has 1 aromatic heterocycles. The molecule has 112 valence electrons. The molecule has 2 saturated heterocycles. The third-order valence-corrected chi connectivity index (χ3v) is 5.79. The molecule has 2 atom stereocenters. The van der Waals surface area contributed by atoms with E-state index in [-0.39, 0.29) is 5.60 Å². The van der Waals surface area contributed by atoms with E-state index in [2.05, 4.69) is 6.92 Å². The summed E-state index contributed by atoms with van der Waals surface area (Å²) in [6.45, 7) is 2.85. The lowest BCUT2D eigenvalue weighted by molar-refractivity contribution is -0.121. The van der Waals surface area contributed by atoms with Gasteiger partial charge in [-0.15, -0.1) is 0 Å². The van der Waals surface area contributed by atoms with Gasteiger partial charge >= 0.3 is 0 Å². The highest BCUT2D eigenvalue weighted by atomic mass is 32.2. The van der Waals surface area contributed by atoms with Crippen LogP contribution >= 0.6 is 11.8 Å². The van der Waals surface area contributed by atoms with Crippen molar-refractivity contribution in [2.75, 3.05) is 18.1 Å². The fourth-order valence-corrected chi connectivity index (χ4v) is 4.82. The molecule has 0 aromatic carbocycles. The summed E-state index contributed by atoms with van der Waals surface area (Å²) in [5.74, 6) is 3.61. The lowest BCUT2D eigenvalue weighted by Crippen LogP contribution is -2.44. The zero-order chi connectivity index (χ0) is 14.0. The molecule has 2 aliphatic heterocycles. The van der Waals surface area contributed by atoms with E-state index in [9.17, 15) is 5.11 Å². The normalized spacial score (nSPS) is 27.6. The largest absolute Gasteiger partial charge is 0.469 e. The quantitative estimate of drug-likeness (QED) is 0.926. The van der Waals surface area contributed by atoms with E-state index in [1.165, 1.54) is 11.5 Å². The molecule has 0 bridgehead atoms. The van der Waals surface area contributed by atoms with Crippen LogP contribution in [-0.2, 0) is 11.2 Å². The molecular weight excluding hydrogens is 272 g/mol. The molecule has 1 N–H and O–H groups in total. The topological polar surface area (TPSA) is 42.6 Å². The van der Waals surface area contributed by atoms with E-state index in [1.54, 1.807) is 6.26 Å². The van der Waals surface area contributed by atoms with E-state index in [4.69, 9.17) is 9.15 Å². The molecule has 3 nitrogen and oxygen atoms in total. The maximum absolute atomic E-state index is 10.7. The molecular formula is C16H24O3S. The fourth-order valence-electron chi connectivity index (χ4n) is 3.58. The van der Waals surface area contributed by atoms with Gasteiger partial charge in [0.25, 0.3) is 0 Å². The Morgan fingerprint density at radius 1 is 1.45 bits per heavy atom. The first kappa shape index (κ1) is 14.5. The molecule has 0 saturated carbocycles. The van der Waals surface area contributed by atoms with Crippen molar-refractivity contribution in [3.8, 4) is 0 Å².